The highest BCUT2D eigenvalue weighted by atomic mass is 16.4. The summed E-state index contributed by atoms with van der Waals surface area (Å²) in [7, 11) is 0. The van der Waals surface area contributed by atoms with Crippen molar-refractivity contribution in [3.8, 4) is 0 Å². The highest BCUT2D eigenvalue weighted by molar-refractivity contribution is 5.94. The van der Waals surface area contributed by atoms with Crippen LogP contribution in [-0.2, 0) is 11.1 Å². The first kappa shape index (κ1) is 24.1. The Labute approximate surface area is 217 Å². The molecule has 5 aromatic rings. The van der Waals surface area contributed by atoms with Crippen LogP contribution < -0.4 is 0 Å². The number of hydrogen-bond acceptors (Lipinski definition) is 3. The van der Waals surface area contributed by atoms with Crippen molar-refractivity contribution < 1.29 is 9.90 Å². The zero-order valence-corrected chi connectivity index (χ0v) is 20.9. The van der Waals surface area contributed by atoms with E-state index < -0.39 is 17.0 Å². The lowest BCUT2D eigenvalue weighted by molar-refractivity contribution is 0.0697. The maximum atomic E-state index is 11.4. The summed E-state index contributed by atoms with van der Waals surface area (Å²) in [5.41, 5.74) is 2.91. The molecule has 0 bridgehead atoms. The Kier molecular flexibility index (Phi) is 6.41. The number of hydrogen-bond donors (Lipinski definition) is 1. The van der Waals surface area contributed by atoms with Gasteiger partial charge in [-0.25, -0.2) is 4.79 Å². The molecule has 4 nitrogen and oxygen atoms in total. The first-order chi connectivity index (χ1) is 17.9. The summed E-state index contributed by atoms with van der Waals surface area (Å²) in [5, 5.41) is 21.4. The van der Waals surface area contributed by atoms with Crippen molar-refractivity contribution in [3.63, 3.8) is 0 Å². The van der Waals surface area contributed by atoms with E-state index in [1.807, 2.05) is 72.8 Å². The van der Waals surface area contributed by atoms with Crippen LogP contribution in [0.2, 0.25) is 0 Å². The lowest BCUT2D eigenvalue weighted by Gasteiger charge is -2.32. The van der Waals surface area contributed by atoms with Gasteiger partial charge in [-0.05, 0) is 65.1 Å². The minimum absolute atomic E-state index is 0.276. The molecular formula is C33H28N2O2. The Bertz CT molecular complexity index is 1460. The highest BCUT2D eigenvalue weighted by Gasteiger charge is 2.37. The third-order valence-corrected chi connectivity index (χ3v) is 6.82. The fourth-order valence-corrected chi connectivity index (χ4v) is 4.73. The van der Waals surface area contributed by atoms with Crippen LogP contribution in [0.5, 0.6) is 0 Å². The average molecular weight is 485 g/mol. The Hall–Kier alpha value is -4.57. The molecule has 37 heavy (non-hydrogen) atoms. The smallest absolute Gasteiger partial charge is 0.335 e. The van der Waals surface area contributed by atoms with Crippen LogP contribution in [0.4, 0.5) is 0 Å². The Morgan fingerprint density at radius 1 is 0.568 bits per heavy atom. The minimum Gasteiger partial charge on any atom is -0.478 e. The number of aromatic carboxylic acids is 1. The van der Waals surface area contributed by atoms with Crippen molar-refractivity contribution in [2.75, 3.05) is 0 Å². The zero-order chi connectivity index (χ0) is 25.9. The molecule has 182 valence electrons. The molecule has 0 spiro atoms. The molecule has 0 aromatic heterocycles. The molecule has 5 aromatic carbocycles. The number of carbonyl (C=O) groups is 1. The van der Waals surface area contributed by atoms with Crippen LogP contribution in [0.15, 0.2) is 138 Å². The number of benzene rings is 5. The first-order valence-corrected chi connectivity index (χ1v) is 12.3. The number of rotatable bonds is 7. The molecule has 5 rings (SSSR count). The van der Waals surface area contributed by atoms with Crippen molar-refractivity contribution in [2.45, 2.75) is 24.9 Å². The van der Waals surface area contributed by atoms with Crippen molar-refractivity contribution in [2.24, 2.45) is 10.2 Å². The predicted octanol–water partition coefficient (Wildman–Crippen LogP) is 8.22. The van der Waals surface area contributed by atoms with Gasteiger partial charge in [-0.15, -0.1) is 0 Å². The van der Waals surface area contributed by atoms with Crippen LogP contribution in [0.25, 0.3) is 10.8 Å². The summed E-state index contributed by atoms with van der Waals surface area (Å²) >= 11 is 0. The number of carboxylic acids is 1. The van der Waals surface area contributed by atoms with Crippen molar-refractivity contribution >= 4 is 16.7 Å². The van der Waals surface area contributed by atoms with Gasteiger partial charge in [-0.3, -0.25) is 0 Å². The third kappa shape index (κ3) is 4.66. The van der Waals surface area contributed by atoms with Crippen LogP contribution >= 0.6 is 0 Å². The molecule has 0 saturated heterocycles. The zero-order valence-electron chi connectivity index (χ0n) is 20.9. The maximum Gasteiger partial charge on any atom is 0.335 e. The van der Waals surface area contributed by atoms with Crippen LogP contribution in [0.3, 0.4) is 0 Å². The molecule has 0 unspecified atom stereocenters. The van der Waals surface area contributed by atoms with Crippen molar-refractivity contribution in [3.05, 3.63) is 155 Å². The van der Waals surface area contributed by atoms with Crippen LogP contribution in [0, 0.1) is 0 Å². The van der Waals surface area contributed by atoms with Crippen LogP contribution in [0.1, 0.15) is 46.5 Å². The van der Waals surface area contributed by atoms with E-state index in [0.717, 1.165) is 33.0 Å². The van der Waals surface area contributed by atoms with Gasteiger partial charge in [0.2, 0.25) is 0 Å². The summed E-state index contributed by atoms with van der Waals surface area (Å²) in [6.07, 6.45) is 0. The second-order valence-corrected chi connectivity index (χ2v) is 9.65. The van der Waals surface area contributed by atoms with E-state index in [2.05, 4.69) is 56.3 Å². The monoisotopic (exact) mass is 484 g/mol. The number of nitrogens with zero attached hydrogens (tertiary/aromatic N) is 2. The Morgan fingerprint density at radius 3 is 1.51 bits per heavy atom. The molecule has 0 atom stereocenters. The molecule has 0 heterocycles. The molecule has 4 heteroatoms. The molecule has 0 radical (unpaired) electrons. The van der Waals surface area contributed by atoms with E-state index in [-0.39, 0.29) is 5.56 Å². The molecule has 0 fully saturated rings. The van der Waals surface area contributed by atoms with Gasteiger partial charge in [0.1, 0.15) is 5.54 Å². The molecule has 0 aliphatic carbocycles. The first-order valence-electron chi connectivity index (χ1n) is 12.3. The minimum atomic E-state index is -0.931. The SMILES string of the molecule is CC(C)(N=NC(c1ccccc1)(c1ccccc1)c1ccccc1)c1ccc2cc(C(=O)O)ccc2c1. The molecule has 0 amide bonds. The summed E-state index contributed by atoms with van der Waals surface area (Å²) in [6.45, 7) is 4.10. The molecule has 0 aliphatic rings. The fourth-order valence-electron chi connectivity index (χ4n) is 4.73. The van der Waals surface area contributed by atoms with E-state index in [1.54, 1.807) is 12.1 Å². The molecular weight excluding hydrogens is 456 g/mol. The predicted molar refractivity (Wildman–Crippen MR) is 148 cm³/mol. The molecule has 0 saturated carbocycles. The summed E-state index contributed by atoms with van der Waals surface area (Å²) in [6, 6.07) is 42.0. The van der Waals surface area contributed by atoms with E-state index in [9.17, 15) is 9.90 Å². The standard InChI is InChI=1S/C33H28N2O2/c1-32(2,30-21-20-24-22-26(31(36)37)19-18-25(24)23-30)34-35-33(27-12-6-3-7-13-27,28-14-8-4-9-15-28)29-16-10-5-11-17-29/h3-23H,1-2H3,(H,36,37). The van der Waals surface area contributed by atoms with E-state index >= 15 is 0 Å². The summed E-state index contributed by atoms with van der Waals surface area (Å²) in [4.78, 5) is 11.4. The Balaban J connectivity index is 1.66. The van der Waals surface area contributed by atoms with Gasteiger partial charge in [0.25, 0.3) is 0 Å². The second-order valence-electron chi connectivity index (χ2n) is 9.65. The normalized spacial score (nSPS) is 12.2. The number of carboxylic acid groups (broad SMARTS) is 1. The van der Waals surface area contributed by atoms with Gasteiger partial charge in [-0.2, -0.15) is 10.2 Å². The largest absolute Gasteiger partial charge is 0.478 e. The van der Waals surface area contributed by atoms with Crippen molar-refractivity contribution in [1.82, 2.24) is 0 Å². The lowest BCUT2D eigenvalue weighted by Crippen LogP contribution is -2.28. The lowest BCUT2D eigenvalue weighted by atomic mass is 9.78. The Morgan fingerprint density at radius 2 is 1.03 bits per heavy atom. The fraction of sp³-hybridized carbons (Fsp3) is 0.121. The summed E-state index contributed by atoms with van der Waals surface area (Å²) < 4.78 is 0. The second kappa shape index (κ2) is 9.82. The highest BCUT2D eigenvalue weighted by Crippen LogP contribution is 2.42. The van der Waals surface area contributed by atoms with E-state index in [1.165, 1.54) is 0 Å². The topological polar surface area (TPSA) is 62.0 Å². The van der Waals surface area contributed by atoms with Gasteiger partial charge < -0.3 is 5.11 Å². The van der Waals surface area contributed by atoms with Crippen molar-refractivity contribution in [1.29, 1.82) is 0 Å². The van der Waals surface area contributed by atoms with E-state index in [0.29, 0.717) is 0 Å². The summed E-state index contributed by atoms with van der Waals surface area (Å²) in [5.74, 6) is -0.931. The molecule has 0 aliphatic heterocycles. The van der Waals surface area contributed by atoms with Gasteiger partial charge in [0, 0.05) is 0 Å². The average Bonchev–Trinajstić information content (AvgIpc) is 2.94. The third-order valence-electron chi connectivity index (χ3n) is 6.82. The van der Waals surface area contributed by atoms with Gasteiger partial charge in [-0.1, -0.05) is 109 Å². The maximum absolute atomic E-state index is 11.4. The van der Waals surface area contributed by atoms with Gasteiger partial charge in [0.15, 0.2) is 5.54 Å². The van der Waals surface area contributed by atoms with Crippen LogP contribution in [-0.4, -0.2) is 11.1 Å². The number of fused-ring (bicyclic) bond motifs is 1. The molecule has 1 N–H and O–H groups in total. The van der Waals surface area contributed by atoms with Gasteiger partial charge >= 0.3 is 5.97 Å². The van der Waals surface area contributed by atoms with Gasteiger partial charge in [0.05, 0.1) is 5.56 Å². The number of azo groups is 1. The van der Waals surface area contributed by atoms with E-state index in [4.69, 9.17) is 10.2 Å². The quantitative estimate of drug-likeness (QED) is 0.187.